The molecular weight excluding hydrogens is 619 g/mol. The molecule has 1 fully saturated rings. The van der Waals surface area contributed by atoms with E-state index in [9.17, 15) is 31.5 Å². The van der Waals surface area contributed by atoms with Gasteiger partial charge in [-0.25, -0.2) is 14.5 Å². The molecule has 45 heavy (non-hydrogen) atoms. The lowest BCUT2D eigenvalue weighted by Gasteiger charge is -2.21. The molecule has 3 aromatic carbocycles. The third kappa shape index (κ3) is 7.14. The van der Waals surface area contributed by atoms with Crippen LogP contribution in [0.2, 0.25) is 0 Å². The number of amidine groups is 1. The van der Waals surface area contributed by atoms with E-state index < -0.39 is 24.1 Å². The predicted octanol–water partition coefficient (Wildman–Crippen LogP) is 6.94. The van der Waals surface area contributed by atoms with E-state index in [-0.39, 0.29) is 24.1 Å². The highest BCUT2D eigenvalue weighted by Crippen LogP contribution is 2.37. The number of rotatable bonds is 8. The van der Waals surface area contributed by atoms with E-state index in [4.69, 9.17) is 0 Å². The van der Waals surface area contributed by atoms with Crippen LogP contribution in [0.4, 0.5) is 32.4 Å². The Labute approximate surface area is 258 Å². The molecule has 0 saturated carbocycles. The highest BCUT2D eigenvalue weighted by Gasteiger charge is 2.61. The lowest BCUT2D eigenvalue weighted by molar-refractivity contribution is -0.360. The van der Waals surface area contributed by atoms with Gasteiger partial charge in [0, 0.05) is 12.1 Å². The summed E-state index contributed by atoms with van der Waals surface area (Å²) < 4.78 is 68.5. The summed E-state index contributed by atoms with van der Waals surface area (Å²) in [6.07, 6.45) is -9.81. The zero-order valence-corrected chi connectivity index (χ0v) is 24.6. The van der Waals surface area contributed by atoms with Crippen molar-refractivity contribution in [2.45, 2.75) is 38.6 Å². The van der Waals surface area contributed by atoms with Crippen molar-refractivity contribution in [3.05, 3.63) is 90.3 Å². The van der Waals surface area contributed by atoms with E-state index in [1.165, 1.54) is 39.8 Å². The number of carbonyl (C=O) groups is 2. The molecule has 3 amide bonds. The summed E-state index contributed by atoms with van der Waals surface area (Å²) in [6, 6.07) is 18.4. The number of aliphatic imine (C=N–C) groups is 1. The summed E-state index contributed by atoms with van der Waals surface area (Å²) in [5, 5.41) is 7.36. The van der Waals surface area contributed by atoms with Gasteiger partial charge in [0.1, 0.15) is 12.1 Å². The molecular formula is C30H25F5N6O3S. The zero-order chi connectivity index (χ0) is 32.4. The minimum absolute atomic E-state index is 0.150. The molecule has 0 atom stereocenters. The SMILES string of the molecule is CC(C)c1ccccc1N1C(=O)CS/C1=N\C(=O)NCc1ccc(-c2ncn(-c3ccc(OC(F)(F)C(F)(F)F)cc3)n2)cc1. The first kappa shape index (κ1) is 31.6. The first-order valence-electron chi connectivity index (χ1n) is 13.5. The third-order valence-electron chi connectivity index (χ3n) is 6.59. The summed E-state index contributed by atoms with van der Waals surface area (Å²) in [5.74, 6) is -0.140. The number of thioether (sulfide) groups is 1. The number of para-hydroxylation sites is 1. The Balaban J connectivity index is 1.20. The van der Waals surface area contributed by atoms with E-state index in [2.05, 4.69) is 25.1 Å². The number of aromatic nitrogens is 3. The van der Waals surface area contributed by atoms with Crippen LogP contribution in [0.1, 0.15) is 30.9 Å². The van der Waals surface area contributed by atoms with Crippen LogP contribution in [0.5, 0.6) is 5.75 Å². The van der Waals surface area contributed by atoms with Gasteiger partial charge in [0.25, 0.3) is 0 Å². The van der Waals surface area contributed by atoms with Gasteiger partial charge in [-0.2, -0.15) is 26.9 Å². The number of anilines is 1. The molecule has 1 aliphatic heterocycles. The summed E-state index contributed by atoms with van der Waals surface area (Å²) in [5.41, 5.74) is 3.42. The second-order valence-electron chi connectivity index (χ2n) is 10.1. The van der Waals surface area contributed by atoms with Gasteiger partial charge in [0.2, 0.25) is 5.91 Å². The first-order chi connectivity index (χ1) is 21.3. The van der Waals surface area contributed by atoms with Crippen molar-refractivity contribution in [1.82, 2.24) is 20.1 Å². The molecule has 4 aromatic rings. The Bertz CT molecular complexity index is 1720. The van der Waals surface area contributed by atoms with Crippen LogP contribution >= 0.6 is 11.8 Å². The van der Waals surface area contributed by atoms with Gasteiger partial charge in [-0.3, -0.25) is 9.69 Å². The van der Waals surface area contributed by atoms with Gasteiger partial charge in [-0.1, -0.05) is 68.1 Å². The molecule has 0 spiro atoms. The molecule has 0 aliphatic carbocycles. The Hall–Kier alpha value is -4.79. The lowest BCUT2D eigenvalue weighted by atomic mass is 10.0. The Kier molecular flexibility index (Phi) is 8.91. The number of urea groups is 1. The molecule has 0 bridgehead atoms. The van der Waals surface area contributed by atoms with Crippen molar-refractivity contribution in [3.63, 3.8) is 0 Å². The molecule has 5 rings (SSSR count). The van der Waals surface area contributed by atoms with Crippen molar-refractivity contribution < 1.29 is 36.3 Å². The van der Waals surface area contributed by atoms with Gasteiger partial charge >= 0.3 is 18.3 Å². The molecule has 0 radical (unpaired) electrons. The summed E-state index contributed by atoms with van der Waals surface area (Å²) in [6.45, 7) is 4.22. The summed E-state index contributed by atoms with van der Waals surface area (Å²) >= 11 is 1.20. The number of nitrogens with zero attached hydrogens (tertiary/aromatic N) is 5. The van der Waals surface area contributed by atoms with Crippen molar-refractivity contribution in [1.29, 1.82) is 0 Å². The average Bonchev–Trinajstić information content (AvgIpc) is 3.63. The molecule has 234 valence electrons. The highest BCUT2D eigenvalue weighted by molar-refractivity contribution is 8.15. The maximum atomic E-state index is 13.1. The molecule has 1 N–H and O–H groups in total. The van der Waals surface area contributed by atoms with Crippen LogP contribution in [0.3, 0.4) is 0 Å². The number of hydrogen-bond donors (Lipinski definition) is 1. The fourth-order valence-corrected chi connectivity index (χ4v) is 5.19. The number of ether oxygens (including phenoxy) is 1. The number of halogens is 5. The normalized spacial score (nSPS) is 14.8. The molecule has 9 nitrogen and oxygen atoms in total. The third-order valence-corrected chi connectivity index (χ3v) is 7.51. The first-order valence-corrected chi connectivity index (χ1v) is 14.5. The van der Waals surface area contributed by atoms with Crippen LogP contribution in [-0.4, -0.2) is 49.9 Å². The lowest BCUT2D eigenvalue weighted by Crippen LogP contribution is -2.41. The minimum Gasteiger partial charge on any atom is -0.426 e. The maximum Gasteiger partial charge on any atom is 0.499 e. The zero-order valence-electron chi connectivity index (χ0n) is 23.8. The average molecular weight is 645 g/mol. The Morgan fingerprint density at radius 2 is 1.71 bits per heavy atom. The number of benzene rings is 3. The van der Waals surface area contributed by atoms with Crippen LogP contribution in [0, 0.1) is 0 Å². The number of nitrogens with one attached hydrogen (secondary N) is 1. The van der Waals surface area contributed by atoms with Crippen molar-refractivity contribution in [3.8, 4) is 22.8 Å². The topological polar surface area (TPSA) is 102 Å². The summed E-state index contributed by atoms with van der Waals surface area (Å²) in [7, 11) is 0. The van der Waals surface area contributed by atoms with Crippen LogP contribution in [0.15, 0.2) is 84.1 Å². The maximum absolute atomic E-state index is 13.1. The second kappa shape index (κ2) is 12.7. The fraction of sp³-hybridized carbons (Fsp3) is 0.233. The van der Waals surface area contributed by atoms with Crippen LogP contribution in [-0.2, 0) is 11.3 Å². The van der Waals surface area contributed by atoms with Gasteiger partial charge in [-0.05, 0) is 47.4 Å². The second-order valence-corrected chi connectivity index (χ2v) is 11.0. The largest absolute Gasteiger partial charge is 0.499 e. The van der Waals surface area contributed by atoms with Gasteiger partial charge < -0.3 is 10.1 Å². The smallest absolute Gasteiger partial charge is 0.426 e. The molecule has 2 heterocycles. The molecule has 1 saturated heterocycles. The van der Waals surface area contributed by atoms with E-state index in [1.54, 1.807) is 24.3 Å². The fourth-order valence-electron chi connectivity index (χ4n) is 4.33. The van der Waals surface area contributed by atoms with E-state index in [0.29, 0.717) is 27.9 Å². The number of alkyl halides is 5. The number of hydrogen-bond acceptors (Lipinski definition) is 6. The molecule has 15 heteroatoms. The van der Waals surface area contributed by atoms with Gasteiger partial charge in [0.05, 0.1) is 17.1 Å². The molecule has 0 unspecified atom stereocenters. The Morgan fingerprint density at radius 1 is 1.02 bits per heavy atom. The van der Waals surface area contributed by atoms with Crippen LogP contribution < -0.4 is 15.0 Å². The number of carbonyl (C=O) groups excluding carboxylic acids is 2. The van der Waals surface area contributed by atoms with Gasteiger partial charge in [-0.15, -0.1) is 5.10 Å². The molecule has 1 aromatic heterocycles. The van der Waals surface area contributed by atoms with E-state index in [1.807, 2.05) is 38.1 Å². The molecule has 1 aliphatic rings. The number of amides is 3. The Morgan fingerprint density at radius 3 is 2.38 bits per heavy atom. The quantitative estimate of drug-likeness (QED) is 0.209. The van der Waals surface area contributed by atoms with Crippen molar-refractivity contribution >= 4 is 34.6 Å². The van der Waals surface area contributed by atoms with E-state index >= 15 is 0 Å². The standard InChI is InChI=1S/C30H25F5N6O3S/c1-18(2)23-5-3-4-6-24(23)41-25(42)16-45-28(41)38-27(43)36-15-19-7-9-20(10-8-19)26-37-17-40(39-26)21-11-13-22(14-12-21)44-30(34,35)29(31,32)33/h3-14,17-18H,15-16H2,1-2H3,(H,36,43)/b38-28-. The minimum atomic E-state index is -5.85. The predicted molar refractivity (Wildman–Crippen MR) is 159 cm³/mol. The highest BCUT2D eigenvalue weighted by atomic mass is 32.2. The summed E-state index contributed by atoms with van der Waals surface area (Å²) in [4.78, 5) is 35.2. The van der Waals surface area contributed by atoms with Crippen molar-refractivity contribution in [2.24, 2.45) is 4.99 Å². The van der Waals surface area contributed by atoms with E-state index in [0.717, 1.165) is 23.3 Å². The van der Waals surface area contributed by atoms with Crippen LogP contribution in [0.25, 0.3) is 17.1 Å². The van der Waals surface area contributed by atoms with Gasteiger partial charge in [0.15, 0.2) is 11.0 Å². The van der Waals surface area contributed by atoms with Crippen molar-refractivity contribution in [2.75, 3.05) is 10.7 Å². The monoisotopic (exact) mass is 644 g/mol.